The van der Waals surface area contributed by atoms with Gasteiger partial charge in [0, 0.05) is 51.4 Å². The van der Waals surface area contributed by atoms with Crippen LogP contribution in [0.25, 0.3) is 32.7 Å². The first-order chi connectivity index (χ1) is 19.6. The lowest BCUT2D eigenvalue weighted by atomic mass is 9.97. The zero-order valence-corrected chi connectivity index (χ0v) is 22.8. The van der Waals surface area contributed by atoms with Gasteiger partial charge >= 0.3 is 0 Å². The highest BCUT2D eigenvalue weighted by Crippen LogP contribution is 2.33. The van der Waals surface area contributed by atoms with Crippen LogP contribution in [-0.4, -0.2) is 52.2 Å². The lowest BCUT2D eigenvalue weighted by Gasteiger charge is -2.17. The number of imidazole rings is 1. The Bertz CT molecular complexity index is 1790. The van der Waals surface area contributed by atoms with Crippen molar-refractivity contribution in [1.82, 2.24) is 19.0 Å². The Morgan fingerprint density at radius 2 is 1.52 bits per heavy atom. The number of carbonyl (C=O) groups is 1. The van der Waals surface area contributed by atoms with Gasteiger partial charge in [-0.1, -0.05) is 84.9 Å². The predicted molar refractivity (Wildman–Crippen MR) is 161 cm³/mol. The Labute approximate surface area is 234 Å². The van der Waals surface area contributed by atoms with Crippen molar-refractivity contribution in [2.45, 2.75) is 13.1 Å². The zero-order valence-electron chi connectivity index (χ0n) is 22.8. The summed E-state index contributed by atoms with van der Waals surface area (Å²) >= 11 is 0. The number of benzene rings is 4. The molecule has 2 aromatic heterocycles. The third kappa shape index (κ3) is 5.01. The van der Waals surface area contributed by atoms with Crippen molar-refractivity contribution in [2.24, 2.45) is 0 Å². The fourth-order valence-corrected chi connectivity index (χ4v) is 5.40. The average Bonchev–Trinajstić information content (AvgIpc) is 3.62. The molecule has 40 heavy (non-hydrogen) atoms. The van der Waals surface area contributed by atoms with Gasteiger partial charge in [0.15, 0.2) is 0 Å². The molecule has 6 heteroatoms. The molecule has 0 atom stereocenters. The van der Waals surface area contributed by atoms with Crippen LogP contribution in [0, 0.1) is 0 Å². The molecule has 4 aromatic carbocycles. The quantitative estimate of drug-likeness (QED) is 0.216. The Morgan fingerprint density at radius 1 is 0.825 bits per heavy atom. The van der Waals surface area contributed by atoms with Crippen molar-refractivity contribution in [3.05, 3.63) is 127 Å². The average molecular weight is 529 g/mol. The summed E-state index contributed by atoms with van der Waals surface area (Å²) < 4.78 is 9.51. The number of ether oxygens (including phenoxy) is 1. The van der Waals surface area contributed by atoms with Gasteiger partial charge < -0.3 is 18.8 Å². The number of carbonyl (C=O) groups excluding carboxylic acids is 1. The van der Waals surface area contributed by atoms with Crippen molar-refractivity contribution in [2.75, 3.05) is 27.3 Å². The third-order valence-electron chi connectivity index (χ3n) is 7.53. The van der Waals surface area contributed by atoms with Gasteiger partial charge in [0.2, 0.25) is 0 Å². The molecule has 2 heterocycles. The van der Waals surface area contributed by atoms with E-state index in [-0.39, 0.29) is 5.91 Å². The Kier molecular flexibility index (Phi) is 7.17. The minimum atomic E-state index is -0.0250. The van der Waals surface area contributed by atoms with E-state index in [0.29, 0.717) is 25.3 Å². The van der Waals surface area contributed by atoms with E-state index in [1.807, 2.05) is 37.9 Å². The van der Waals surface area contributed by atoms with E-state index in [9.17, 15) is 4.79 Å². The van der Waals surface area contributed by atoms with E-state index in [4.69, 9.17) is 4.74 Å². The smallest absolute Gasteiger partial charge is 0.255 e. The van der Waals surface area contributed by atoms with Crippen molar-refractivity contribution in [1.29, 1.82) is 0 Å². The Hall–Kier alpha value is -4.68. The molecule has 0 radical (unpaired) electrons. The van der Waals surface area contributed by atoms with E-state index in [2.05, 4.69) is 93.1 Å². The van der Waals surface area contributed by atoms with Crippen LogP contribution in [0.15, 0.2) is 110 Å². The maximum Gasteiger partial charge on any atom is 0.255 e. The summed E-state index contributed by atoms with van der Waals surface area (Å²) in [6, 6.07) is 29.4. The molecule has 0 spiro atoms. The minimum absolute atomic E-state index is 0.0250. The molecule has 6 aromatic rings. The van der Waals surface area contributed by atoms with Gasteiger partial charge in [0.25, 0.3) is 5.91 Å². The van der Waals surface area contributed by atoms with Gasteiger partial charge in [-0.05, 0) is 32.7 Å². The highest BCUT2D eigenvalue weighted by Gasteiger charge is 2.21. The first-order valence-electron chi connectivity index (χ1n) is 13.5. The van der Waals surface area contributed by atoms with Crippen LogP contribution in [0.3, 0.4) is 0 Å². The summed E-state index contributed by atoms with van der Waals surface area (Å²) in [7, 11) is 3.47. The number of hydrogen-bond acceptors (Lipinski definition) is 3. The third-order valence-corrected chi connectivity index (χ3v) is 7.53. The number of methoxy groups -OCH3 is 1. The number of amides is 1. The molecular weight excluding hydrogens is 496 g/mol. The largest absolute Gasteiger partial charge is 0.383 e. The molecule has 0 fully saturated rings. The molecule has 6 nitrogen and oxygen atoms in total. The Morgan fingerprint density at radius 3 is 2.33 bits per heavy atom. The fourth-order valence-electron chi connectivity index (χ4n) is 5.40. The molecule has 0 bridgehead atoms. The van der Waals surface area contributed by atoms with Crippen LogP contribution < -0.4 is 0 Å². The number of aromatic nitrogens is 3. The predicted octanol–water partition coefficient (Wildman–Crippen LogP) is 6.47. The molecule has 0 aliphatic heterocycles. The van der Waals surface area contributed by atoms with Crippen molar-refractivity contribution in [3.63, 3.8) is 0 Å². The molecule has 0 saturated heterocycles. The monoisotopic (exact) mass is 528 g/mol. The van der Waals surface area contributed by atoms with Crippen molar-refractivity contribution >= 4 is 27.5 Å². The maximum atomic E-state index is 13.7. The van der Waals surface area contributed by atoms with E-state index < -0.39 is 0 Å². The number of likely N-dealkylation sites (N-methyl/N-ethyl adjacent to an activating group) is 1. The van der Waals surface area contributed by atoms with Crippen LogP contribution in [0.4, 0.5) is 0 Å². The molecule has 6 rings (SSSR count). The highest BCUT2D eigenvalue weighted by atomic mass is 16.5. The number of hydrogen-bond donors (Lipinski definition) is 0. The molecule has 1 amide bonds. The molecule has 0 saturated carbocycles. The lowest BCUT2D eigenvalue weighted by molar-refractivity contribution is 0.0745. The fraction of sp³-hybridized carbons (Fsp3) is 0.176. The second kappa shape index (κ2) is 11.2. The first-order valence-corrected chi connectivity index (χ1v) is 13.5. The second-order valence-corrected chi connectivity index (χ2v) is 10.2. The van der Waals surface area contributed by atoms with Gasteiger partial charge in [0.05, 0.1) is 30.7 Å². The van der Waals surface area contributed by atoms with Crippen LogP contribution in [-0.2, 0) is 17.8 Å². The van der Waals surface area contributed by atoms with E-state index in [1.54, 1.807) is 12.0 Å². The Balaban J connectivity index is 1.37. The summed E-state index contributed by atoms with van der Waals surface area (Å²) in [5, 5.41) is 4.74. The second-order valence-electron chi connectivity index (χ2n) is 10.2. The molecular formula is C34H32N4O2. The number of nitrogens with zero attached hydrogens (tertiary/aromatic N) is 4. The lowest BCUT2D eigenvalue weighted by Crippen LogP contribution is -2.30. The summed E-state index contributed by atoms with van der Waals surface area (Å²) in [6.07, 6.45) is 7.86. The van der Waals surface area contributed by atoms with Gasteiger partial charge in [-0.15, -0.1) is 0 Å². The topological polar surface area (TPSA) is 52.3 Å². The van der Waals surface area contributed by atoms with Gasteiger partial charge in [-0.2, -0.15) is 0 Å². The maximum absolute atomic E-state index is 13.7. The molecule has 0 N–H and O–H groups in total. The van der Waals surface area contributed by atoms with E-state index in [1.165, 1.54) is 16.3 Å². The summed E-state index contributed by atoms with van der Waals surface area (Å²) in [6.45, 7) is 2.32. The summed E-state index contributed by atoms with van der Waals surface area (Å²) in [5.41, 5.74) is 4.96. The normalized spacial score (nSPS) is 11.3. The minimum Gasteiger partial charge on any atom is -0.383 e. The van der Waals surface area contributed by atoms with Crippen LogP contribution in [0.5, 0.6) is 0 Å². The molecule has 0 aliphatic carbocycles. The summed E-state index contributed by atoms with van der Waals surface area (Å²) in [4.78, 5) is 19.9. The molecule has 0 aliphatic rings. The number of fused-ring (bicyclic) bond motifs is 2. The van der Waals surface area contributed by atoms with E-state index >= 15 is 0 Å². The summed E-state index contributed by atoms with van der Waals surface area (Å²) in [5.74, 6) is -0.0250. The van der Waals surface area contributed by atoms with Crippen LogP contribution >= 0.6 is 0 Å². The van der Waals surface area contributed by atoms with E-state index in [0.717, 1.165) is 34.1 Å². The van der Waals surface area contributed by atoms with Gasteiger partial charge in [0.1, 0.15) is 0 Å². The van der Waals surface area contributed by atoms with Crippen molar-refractivity contribution in [3.8, 4) is 11.1 Å². The van der Waals surface area contributed by atoms with Crippen LogP contribution in [0.1, 0.15) is 21.6 Å². The van der Waals surface area contributed by atoms with Gasteiger partial charge in [-0.25, -0.2) is 4.98 Å². The number of rotatable bonds is 9. The van der Waals surface area contributed by atoms with Crippen molar-refractivity contribution < 1.29 is 9.53 Å². The highest BCUT2D eigenvalue weighted by molar-refractivity contribution is 6.06. The molecule has 0 unspecified atom stereocenters. The SMILES string of the molecule is COCCN(C)C(=O)c1cn(Cc2cncn2Cc2cccc3ccccc23)cc1-c1cccc2ccccc12. The van der Waals surface area contributed by atoms with Gasteiger partial charge in [-0.3, -0.25) is 4.79 Å². The first kappa shape index (κ1) is 25.6. The van der Waals surface area contributed by atoms with Crippen LogP contribution in [0.2, 0.25) is 0 Å². The molecule has 200 valence electrons. The standard InChI is InChI=1S/C34H32N4O2/c1-36(17-18-40-2)34(39)33-23-37(22-32(33)31-16-8-12-26-10-4-6-15-30(26)31)21-28-19-35-24-38(28)20-27-13-7-11-25-9-3-5-14-29(25)27/h3-16,19,22-24H,17-18,20-21H2,1-2H3. The zero-order chi connectivity index (χ0) is 27.5.